The van der Waals surface area contributed by atoms with Crippen LogP contribution < -0.4 is 14.8 Å². The largest absolute Gasteiger partial charge is 0.493 e. The third kappa shape index (κ3) is 4.77. The van der Waals surface area contributed by atoms with Gasteiger partial charge in [-0.2, -0.15) is 0 Å². The second kappa shape index (κ2) is 8.86. The quantitative estimate of drug-likeness (QED) is 0.738. The fourth-order valence-corrected chi connectivity index (χ4v) is 3.46. The second-order valence-corrected chi connectivity index (χ2v) is 6.73. The van der Waals surface area contributed by atoms with E-state index in [0.29, 0.717) is 23.6 Å². The van der Waals surface area contributed by atoms with Gasteiger partial charge in [0.1, 0.15) is 12.4 Å². The molecular weight excluding hydrogens is 349 g/mol. The molecule has 0 bridgehead atoms. The second-order valence-electron chi connectivity index (χ2n) is 6.73. The summed E-state index contributed by atoms with van der Waals surface area (Å²) in [6, 6.07) is 12.0. The molecule has 0 heterocycles. The summed E-state index contributed by atoms with van der Waals surface area (Å²) in [6.07, 6.45) is 2.53. The smallest absolute Gasteiger partial charge is 0.308 e. The zero-order chi connectivity index (χ0) is 19.2. The number of methoxy groups -OCH3 is 1. The number of halogens is 1. The lowest BCUT2D eigenvalue weighted by atomic mass is 10.0. The number of nitrogens with one attached hydrogen (secondary N) is 1. The Morgan fingerprint density at radius 2 is 2.04 bits per heavy atom. The number of carboxylic acid groups (broad SMARTS) is 1. The third-order valence-corrected chi connectivity index (χ3v) is 4.97. The Morgan fingerprint density at radius 3 is 2.78 bits per heavy atom. The van der Waals surface area contributed by atoms with Crippen LogP contribution in [0.2, 0.25) is 0 Å². The molecule has 2 unspecified atom stereocenters. The molecule has 6 heteroatoms. The highest BCUT2D eigenvalue weighted by molar-refractivity contribution is 5.71. The number of benzene rings is 2. The van der Waals surface area contributed by atoms with Crippen molar-refractivity contribution in [1.29, 1.82) is 0 Å². The van der Waals surface area contributed by atoms with Gasteiger partial charge >= 0.3 is 5.97 Å². The van der Waals surface area contributed by atoms with Crippen LogP contribution in [-0.2, 0) is 17.9 Å². The molecule has 144 valence electrons. The molecule has 1 saturated carbocycles. The Balaban J connectivity index is 1.62. The summed E-state index contributed by atoms with van der Waals surface area (Å²) in [5.41, 5.74) is 1.45. The van der Waals surface area contributed by atoms with Gasteiger partial charge in [0, 0.05) is 18.2 Å². The van der Waals surface area contributed by atoms with Crippen molar-refractivity contribution in [3.05, 3.63) is 59.4 Å². The Bertz CT molecular complexity index is 796. The van der Waals surface area contributed by atoms with E-state index in [1.807, 2.05) is 12.1 Å². The predicted octanol–water partition coefficient (Wildman–Crippen LogP) is 3.76. The van der Waals surface area contributed by atoms with Crippen LogP contribution in [0.3, 0.4) is 0 Å². The van der Waals surface area contributed by atoms with E-state index in [4.69, 9.17) is 9.47 Å². The number of aliphatic carboxylic acids is 1. The van der Waals surface area contributed by atoms with E-state index in [1.54, 1.807) is 31.4 Å². The molecule has 27 heavy (non-hydrogen) atoms. The summed E-state index contributed by atoms with van der Waals surface area (Å²) >= 11 is 0. The van der Waals surface area contributed by atoms with E-state index < -0.39 is 5.97 Å². The summed E-state index contributed by atoms with van der Waals surface area (Å²) in [5, 5.41) is 12.6. The number of hydrogen-bond donors (Lipinski definition) is 2. The van der Waals surface area contributed by atoms with Gasteiger partial charge in [0.15, 0.2) is 11.5 Å². The molecule has 2 aromatic carbocycles. The van der Waals surface area contributed by atoms with Crippen LogP contribution in [0.4, 0.5) is 4.39 Å². The summed E-state index contributed by atoms with van der Waals surface area (Å²) in [7, 11) is 1.56. The van der Waals surface area contributed by atoms with Crippen LogP contribution in [-0.4, -0.2) is 24.2 Å². The minimum Gasteiger partial charge on any atom is -0.493 e. The zero-order valence-corrected chi connectivity index (χ0v) is 15.3. The van der Waals surface area contributed by atoms with Crippen molar-refractivity contribution in [1.82, 2.24) is 5.32 Å². The molecule has 0 saturated heterocycles. The topological polar surface area (TPSA) is 67.8 Å². The number of carbonyl (C=O) groups is 1. The van der Waals surface area contributed by atoms with Crippen molar-refractivity contribution >= 4 is 5.97 Å². The van der Waals surface area contributed by atoms with Crippen LogP contribution in [0.15, 0.2) is 42.5 Å². The van der Waals surface area contributed by atoms with Crippen LogP contribution in [0, 0.1) is 11.7 Å². The van der Waals surface area contributed by atoms with E-state index in [2.05, 4.69) is 5.32 Å². The lowest BCUT2D eigenvalue weighted by Gasteiger charge is -2.18. The van der Waals surface area contributed by atoms with Gasteiger partial charge in [-0.15, -0.1) is 0 Å². The first-order valence-corrected chi connectivity index (χ1v) is 9.08. The van der Waals surface area contributed by atoms with Gasteiger partial charge in [-0.25, -0.2) is 4.39 Å². The number of ether oxygens (including phenoxy) is 2. The highest BCUT2D eigenvalue weighted by Crippen LogP contribution is 2.30. The molecule has 0 spiro atoms. The minimum absolute atomic E-state index is 0.00882. The predicted molar refractivity (Wildman–Crippen MR) is 99.3 cm³/mol. The molecule has 3 rings (SSSR count). The average Bonchev–Trinajstić information content (AvgIpc) is 3.15. The standard InChI is InChI=1S/C21H24FNO4/c1-26-20-11-14(12-23-18-8-4-6-16(18)21(24)25)9-10-19(20)27-13-15-5-2-3-7-17(15)22/h2-3,5,7,9-11,16,18,23H,4,6,8,12-13H2,1H3,(H,24,25). The number of carboxylic acids is 1. The molecular formula is C21H24FNO4. The highest BCUT2D eigenvalue weighted by atomic mass is 19.1. The molecule has 0 radical (unpaired) electrons. The first kappa shape index (κ1) is 19.2. The molecule has 2 aromatic rings. The van der Waals surface area contributed by atoms with Crippen molar-refractivity contribution in [3.8, 4) is 11.5 Å². The zero-order valence-electron chi connectivity index (χ0n) is 15.3. The van der Waals surface area contributed by atoms with Crippen LogP contribution in [0.1, 0.15) is 30.4 Å². The molecule has 2 N–H and O–H groups in total. The fourth-order valence-electron chi connectivity index (χ4n) is 3.46. The van der Waals surface area contributed by atoms with E-state index >= 15 is 0 Å². The van der Waals surface area contributed by atoms with E-state index in [1.165, 1.54) is 6.07 Å². The minimum atomic E-state index is -0.737. The fraction of sp³-hybridized carbons (Fsp3) is 0.381. The molecule has 2 atom stereocenters. The molecule has 0 amide bonds. The van der Waals surface area contributed by atoms with Crippen molar-refractivity contribution in [2.75, 3.05) is 7.11 Å². The normalized spacial score (nSPS) is 19.0. The first-order valence-electron chi connectivity index (χ1n) is 9.08. The highest BCUT2D eigenvalue weighted by Gasteiger charge is 2.32. The van der Waals surface area contributed by atoms with Crippen LogP contribution in [0.5, 0.6) is 11.5 Å². The maximum atomic E-state index is 13.7. The Hall–Kier alpha value is -2.60. The Labute approximate surface area is 158 Å². The average molecular weight is 373 g/mol. The van der Waals surface area contributed by atoms with Crippen molar-refractivity contribution < 1.29 is 23.8 Å². The first-order chi connectivity index (χ1) is 13.1. The molecule has 5 nitrogen and oxygen atoms in total. The molecule has 1 fully saturated rings. The Kier molecular flexibility index (Phi) is 6.29. The lowest BCUT2D eigenvalue weighted by Crippen LogP contribution is -2.35. The van der Waals surface area contributed by atoms with Gasteiger partial charge in [-0.1, -0.05) is 30.7 Å². The van der Waals surface area contributed by atoms with Crippen molar-refractivity contribution in [2.24, 2.45) is 5.92 Å². The molecule has 1 aliphatic rings. The summed E-state index contributed by atoms with van der Waals surface area (Å²) < 4.78 is 24.8. The van der Waals surface area contributed by atoms with Gasteiger partial charge < -0.3 is 19.9 Å². The molecule has 0 aliphatic heterocycles. The van der Waals surface area contributed by atoms with Gasteiger partial charge in [0.05, 0.1) is 13.0 Å². The van der Waals surface area contributed by atoms with Crippen LogP contribution >= 0.6 is 0 Å². The van der Waals surface area contributed by atoms with Gasteiger partial charge in [0.2, 0.25) is 0 Å². The summed E-state index contributed by atoms with van der Waals surface area (Å²) in [4.78, 5) is 11.3. The molecule has 0 aromatic heterocycles. The number of rotatable bonds is 8. The van der Waals surface area contributed by atoms with Crippen molar-refractivity contribution in [2.45, 2.75) is 38.5 Å². The monoisotopic (exact) mass is 373 g/mol. The number of hydrogen-bond acceptors (Lipinski definition) is 4. The summed E-state index contributed by atoms with van der Waals surface area (Å²) in [6.45, 7) is 0.668. The van der Waals surface area contributed by atoms with E-state index in [9.17, 15) is 14.3 Å². The SMILES string of the molecule is COc1cc(CNC2CCCC2C(=O)O)ccc1OCc1ccccc1F. The Morgan fingerprint density at radius 1 is 1.22 bits per heavy atom. The van der Waals surface area contributed by atoms with Gasteiger partial charge in [0.25, 0.3) is 0 Å². The summed E-state index contributed by atoms with van der Waals surface area (Å²) in [5.74, 6) is -0.266. The van der Waals surface area contributed by atoms with Gasteiger partial charge in [-0.3, -0.25) is 4.79 Å². The molecule has 1 aliphatic carbocycles. The third-order valence-electron chi connectivity index (χ3n) is 4.97. The van der Waals surface area contributed by atoms with E-state index in [0.717, 1.165) is 24.8 Å². The maximum Gasteiger partial charge on any atom is 0.308 e. The van der Waals surface area contributed by atoms with Crippen LogP contribution in [0.25, 0.3) is 0 Å². The lowest BCUT2D eigenvalue weighted by molar-refractivity contribution is -0.142. The maximum absolute atomic E-state index is 13.7. The van der Waals surface area contributed by atoms with Crippen molar-refractivity contribution in [3.63, 3.8) is 0 Å². The van der Waals surface area contributed by atoms with Gasteiger partial charge in [-0.05, 0) is 36.6 Å². The van der Waals surface area contributed by atoms with E-state index in [-0.39, 0.29) is 24.4 Å².